The summed E-state index contributed by atoms with van der Waals surface area (Å²) in [6, 6.07) is 0.207. The molecule has 3 N–H and O–H groups in total. The first kappa shape index (κ1) is 9.28. The normalized spacial score (nSPS) is 23.5. The first-order valence-corrected chi connectivity index (χ1v) is 5.62. The molecule has 0 saturated carbocycles. The van der Waals surface area contributed by atoms with E-state index in [0.717, 1.165) is 12.8 Å². The van der Waals surface area contributed by atoms with Crippen molar-refractivity contribution in [3.8, 4) is 0 Å². The number of ether oxygens (including phenoxy) is 1. The molecule has 1 aliphatic rings. The van der Waals surface area contributed by atoms with Gasteiger partial charge in [-0.05, 0) is 12.8 Å². The van der Waals surface area contributed by atoms with Crippen LogP contribution in [0.1, 0.15) is 12.8 Å². The monoisotopic (exact) mass is 181 g/mol. The minimum absolute atomic E-state index is 0.207. The molecule has 0 aliphatic carbocycles. The van der Waals surface area contributed by atoms with Gasteiger partial charge in [0.1, 0.15) is 0 Å². The van der Waals surface area contributed by atoms with E-state index in [1.807, 2.05) is 0 Å². The highest BCUT2D eigenvalue weighted by Crippen LogP contribution is 2.29. The highest BCUT2D eigenvalue weighted by molar-refractivity contribution is 8.22. The molecule has 0 atom stereocenters. The first-order valence-electron chi connectivity index (χ1n) is 3.66. The Labute approximate surface area is 68.4 Å². The maximum atomic E-state index is 9.06. The summed E-state index contributed by atoms with van der Waals surface area (Å²) in [6.45, 7) is 1.43. The van der Waals surface area contributed by atoms with Crippen LogP contribution in [-0.4, -0.2) is 34.6 Å². The lowest BCUT2D eigenvalue weighted by atomic mass is 10.1. The fourth-order valence-electron chi connectivity index (χ4n) is 1.13. The molecule has 0 unspecified atom stereocenters. The molecular formula is C6H15NO3S. The van der Waals surface area contributed by atoms with Gasteiger partial charge in [-0.25, -0.2) is 4.72 Å². The number of hydrogen-bond donors (Lipinski definition) is 3. The molecule has 0 aromatic rings. The SMILES string of the molecule is CS(O)(O)NC1CCOCC1. The minimum atomic E-state index is -2.53. The van der Waals surface area contributed by atoms with Gasteiger partial charge in [0.15, 0.2) is 0 Å². The van der Waals surface area contributed by atoms with Crippen molar-refractivity contribution < 1.29 is 13.8 Å². The lowest BCUT2D eigenvalue weighted by molar-refractivity contribution is 0.0826. The van der Waals surface area contributed by atoms with Crippen LogP contribution in [0.4, 0.5) is 0 Å². The van der Waals surface area contributed by atoms with E-state index in [2.05, 4.69) is 4.72 Å². The van der Waals surface area contributed by atoms with Crippen molar-refractivity contribution in [2.45, 2.75) is 18.9 Å². The summed E-state index contributed by atoms with van der Waals surface area (Å²) in [7, 11) is -2.53. The molecule has 11 heavy (non-hydrogen) atoms. The fraction of sp³-hybridized carbons (Fsp3) is 1.00. The predicted molar refractivity (Wildman–Crippen MR) is 45.7 cm³/mol. The molecule has 0 aromatic heterocycles. The van der Waals surface area contributed by atoms with Crippen molar-refractivity contribution in [2.75, 3.05) is 19.5 Å². The van der Waals surface area contributed by atoms with Crippen molar-refractivity contribution in [2.24, 2.45) is 0 Å². The lowest BCUT2D eigenvalue weighted by Crippen LogP contribution is -2.36. The zero-order valence-electron chi connectivity index (χ0n) is 6.62. The Bertz CT molecular complexity index is 119. The maximum Gasteiger partial charge on any atom is 0.0481 e. The second-order valence-electron chi connectivity index (χ2n) is 2.84. The zero-order chi connectivity index (χ0) is 8.32. The molecule has 0 amide bonds. The second kappa shape index (κ2) is 3.73. The predicted octanol–water partition coefficient (Wildman–Crippen LogP) is 1.05. The molecule has 5 heteroatoms. The number of rotatable bonds is 2. The summed E-state index contributed by atoms with van der Waals surface area (Å²) in [4.78, 5) is 0. The van der Waals surface area contributed by atoms with E-state index in [4.69, 9.17) is 13.8 Å². The average Bonchev–Trinajstić information content (AvgIpc) is 1.85. The quantitative estimate of drug-likeness (QED) is 0.596. The van der Waals surface area contributed by atoms with Crippen LogP contribution in [-0.2, 0) is 4.74 Å². The van der Waals surface area contributed by atoms with Gasteiger partial charge >= 0.3 is 0 Å². The molecule has 1 aliphatic heterocycles. The van der Waals surface area contributed by atoms with Gasteiger partial charge in [0.05, 0.1) is 0 Å². The van der Waals surface area contributed by atoms with E-state index in [-0.39, 0.29) is 6.04 Å². The summed E-state index contributed by atoms with van der Waals surface area (Å²) in [5.41, 5.74) is 0. The van der Waals surface area contributed by atoms with Crippen LogP contribution in [0.5, 0.6) is 0 Å². The summed E-state index contributed by atoms with van der Waals surface area (Å²) in [5, 5.41) is 0. The van der Waals surface area contributed by atoms with E-state index in [0.29, 0.717) is 13.2 Å². The van der Waals surface area contributed by atoms with Gasteiger partial charge in [0, 0.05) is 25.5 Å². The van der Waals surface area contributed by atoms with Gasteiger partial charge in [0.25, 0.3) is 0 Å². The third-order valence-corrected chi connectivity index (χ3v) is 2.39. The lowest BCUT2D eigenvalue weighted by Gasteiger charge is -2.34. The third kappa shape index (κ3) is 3.93. The van der Waals surface area contributed by atoms with Crippen LogP contribution >= 0.6 is 10.8 Å². The summed E-state index contributed by atoms with van der Waals surface area (Å²) in [6.07, 6.45) is 3.13. The van der Waals surface area contributed by atoms with E-state index >= 15 is 0 Å². The van der Waals surface area contributed by atoms with Gasteiger partial charge in [0.2, 0.25) is 0 Å². The standard InChI is InChI=1S/C6H15NO3S/c1-11(8,9)7-6-2-4-10-5-3-6/h6-9H,2-5H2,1H3. The molecule has 0 spiro atoms. The largest absolute Gasteiger partial charge is 0.381 e. The topological polar surface area (TPSA) is 61.7 Å². The second-order valence-corrected chi connectivity index (χ2v) is 4.74. The molecule has 0 bridgehead atoms. The van der Waals surface area contributed by atoms with Gasteiger partial charge in [-0.1, -0.05) is 0 Å². The smallest absolute Gasteiger partial charge is 0.0481 e. The Balaban J connectivity index is 2.24. The van der Waals surface area contributed by atoms with E-state index < -0.39 is 10.8 Å². The number of nitrogens with one attached hydrogen (secondary N) is 1. The Morgan fingerprint density at radius 1 is 1.36 bits per heavy atom. The molecule has 0 aromatic carbocycles. The average molecular weight is 181 g/mol. The maximum absolute atomic E-state index is 9.06. The van der Waals surface area contributed by atoms with Gasteiger partial charge in [-0.3, -0.25) is 9.11 Å². The van der Waals surface area contributed by atoms with Crippen LogP contribution in [0, 0.1) is 0 Å². The molecule has 1 rings (SSSR count). The van der Waals surface area contributed by atoms with Crippen molar-refractivity contribution in [1.29, 1.82) is 0 Å². The Morgan fingerprint density at radius 2 is 1.91 bits per heavy atom. The van der Waals surface area contributed by atoms with Gasteiger partial charge in [-0.15, -0.1) is 10.8 Å². The number of hydrogen-bond acceptors (Lipinski definition) is 4. The molecule has 1 fully saturated rings. The molecular weight excluding hydrogens is 166 g/mol. The van der Waals surface area contributed by atoms with Crippen LogP contribution in [0.2, 0.25) is 0 Å². The van der Waals surface area contributed by atoms with E-state index in [9.17, 15) is 0 Å². The van der Waals surface area contributed by atoms with E-state index in [1.165, 1.54) is 6.26 Å². The van der Waals surface area contributed by atoms with Gasteiger partial charge < -0.3 is 4.74 Å². The highest BCUT2D eigenvalue weighted by atomic mass is 32.3. The summed E-state index contributed by atoms with van der Waals surface area (Å²) >= 11 is 0. The zero-order valence-corrected chi connectivity index (χ0v) is 7.43. The Morgan fingerprint density at radius 3 is 2.36 bits per heavy atom. The van der Waals surface area contributed by atoms with Crippen LogP contribution in [0.25, 0.3) is 0 Å². The summed E-state index contributed by atoms with van der Waals surface area (Å²) < 4.78 is 26.0. The Kier molecular flexibility index (Phi) is 3.15. The molecule has 1 saturated heterocycles. The summed E-state index contributed by atoms with van der Waals surface area (Å²) in [5.74, 6) is 0. The highest BCUT2D eigenvalue weighted by Gasteiger charge is 2.17. The molecule has 1 heterocycles. The third-order valence-electron chi connectivity index (χ3n) is 1.61. The molecule has 4 nitrogen and oxygen atoms in total. The Hall–Kier alpha value is 0.190. The van der Waals surface area contributed by atoms with Gasteiger partial charge in [-0.2, -0.15) is 0 Å². The molecule has 0 radical (unpaired) electrons. The van der Waals surface area contributed by atoms with Crippen LogP contribution in [0.3, 0.4) is 0 Å². The van der Waals surface area contributed by atoms with Crippen molar-refractivity contribution in [3.05, 3.63) is 0 Å². The van der Waals surface area contributed by atoms with Crippen molar-refractivity contribution in [1.82, 2.24) is 4.72 Å². The first-order chi connectivity index (χ1) is 5.08. The van der Waals surface area contributed by atoms with Crippen LogP contribution in [0.15, 0.2) is 0 Å². The van der Waals surface area contributed by atoms with Crippen LogP contribution < -0.4 is 4.72 Å². The van der Waals surface area contributed by atoms with Crippen molar-refractivity contribution in [3.63, 3.8) is 0 Å². The minimum Gasteiger partial charge on any atom is -0.381 e. The van der Waals surface area contributed by atoms with E-state index in [1.54, 1.807) is 0 Å². The van der Waals surface area contributed by atoms with Crippen molar-refractivity contribution >= 4 is 10.8 Å². The molecule has 68 valence electrons. The fourth-order valence-corrected chi connectivity index (χ4v) is 2.00.